The number of aromatic hydroxyl groups is 1. The molecule has 0 saturated heterocycles. The summed E-state index contributed by atoms with van der Waals surface area (Å²) in [6.07, 6.45) is 0. The Morgan fingerprint density at radius 3 is 2.59 bits per heavy atom. The Balaban J connectivity index is 1.96. The maximum absolute atomic E-state index is 9.27. The van der Waals surface area contributed by atoms with Gasteiger partial charge in [-0.05, 0) is 61.1 Å². The normalized spacial score (nSPS) is 10.9. The van der Waals surface area contributed by atoms with Crippen molar-refractivity contribution in [2.75, 3.05) is 12.4 Å². The van der Waals surface area contributed by atoms with Crippen molar-refractivity contribution in [3.05, 3.63) is 54.1 Å². The summed E-state index contributed by atoms with van der Waals surface area (Å²) >= 11 is 5.19. The number of phenols is 1. The van der Waals surface area contributed by atoms with Crippen LogP contribution in [0.2, 0.25) is 0 Å². The van der Waals surface area contributed by atoms with Crippen LogP contribution in [-0.2, 0) is 0 Å². The Hall–Kier alpha value is -2.60. The van der Waals surface area contributed by atoms with E-state index in [1.807, 2.05) is 31.2 Å². The molecule has 0 fully saturated rings. The average Bonchev–Trinajstić information content (AvgIpc) is 2.53. The number of hydrogen-bond acceptors (Lipinski definition) is 4. The molecule has 0 aliphatic carbocycles. The number of hydrogen-bond donors (Lipinski definition) is 3. The maximum atomic E-state index is 9.27. The molecule has 5 nitrogen and oxygen atoms in total. The van der Waals surface area contributed by atoms with Crippen molar-refractivity contribution in [3.8, 4) is 11.5 Å². The van der Waals surface area contributed by atoms with Gasteiger partial charge in [0, 0.05) is 11.8 Å². The molecule has 0 aliphatic rings. The molecule has 0 aliphatic heterocycles. The summed E-state index contributed by atoms with van der Waals surface area (Å²) in [5, 5.41) is 16.9. The second-order valence-corrected chi connectivity index (χ2v) is 4.95. The predicted octanol–water partition coefficient (Wildman–Crippen LogP) is 3.11. The molecular formula is C16H17N3O2S. The Morgan fingerprint density at radius 2 is 1.91 bits per heavy atom. The first-order valence-electron chi connectivity index (χ1n) is 6.63. The highest BCUT2D eigenvalue weighted by molar-refractivity contribution is 7.80. The fourth-order valence-corrected chi connectivity index (χ4v) is 1.93. The lowest BCUT2D eigenvalue weighted by Crippen LogP contribution is -2.24. The molecule has 3 N–H and O–H groups in total. The van der Waals surface area contributed by atoms with Crippen LogP contribution in [-0.4, -0.2) is 23.0 Å². The van der Waals surface area contributed by atoms with Crippen LogP contribution in [0.3, 0.4) is 0 Å². The number of nitrogens with one attached hydrogen (secondary N) is 2. The summed E-state index contributed by atoms with van der Waals surface area (Å²) in [5.41, 5.74) is 5.26. The van der Waals surface area contributed by atoms with Crippen molar-refractivity contribution >= 4 is 28.7 Å². The highest BCUT2D eigenvalue weighted by atomic mass is 32.1. The molecule has 0 aromatic heterocycles. The molecule has 0 atom stereocenters. The van der Waals surface area contributed by atoms with Gasteiger partial charge in [0.1, 0.15) is 11.5 Å². The van der Waals surface area contributed by atoms with E-state index in [4.69, 9.17) is 17.0 Å². The molecule has 0 radical (unpaired) electrons. The van der Waals surface area contributed by atoms with E-state index >= 15 is 0 Å². The van der Waals surface area contributed by atoms with Gasteiger partial charge in [-0.1, -0.05) is 6.07 Å². The third-order valence-electron chi connectivity index (χ3n) is 2.94. The number of thiocarbonyl (C=S) groups is 1. The zero-order chi connectivity index (χ0) is 15.9. The Kier molecular flexibility index (Phi) is 5.32. The Labute approximate surface area is 134 Å². The number of methoxy groups -OCH3 is 1. The van der Waals surface area contributed by atoms with E-state index < -0.39 is 0 Å². The van der Waals surface area contributed by atoms with Crippen LogP contribution in [0.4, 0.5) is 5.69 Å². The molecule has 0 unspecified atom stereocenters. The third kappa shape index (κ3) is 4.46. The van der Waals surface area contributed by atoms with E-state index in [0.29, 0.717) is 5.11 Å². The lowest BCUT2D eigenvalue weighted by molar-refractivity contribution is 0.415. The van der Waals surface area contributed by atoms with Crippen molar-refractivity contribution in [1.82, 2.24) is 5.43 Å². The fourth-order valence-electron chi connectivity index (χ4n) is 1.76. The van der Waals surface area contributed by atoms with Gasteiger partial charge in [-0.3, -0.25) is 5.43 Å². The zero-order valence-electron chi connectivity index (χ0n) is 12.3. The summed E-state index contributed by atoms with van der Waals surface area (Å²) in [5.74, 6) is 0.969. The summed E-state index contributed by atoms with van der Waals surface area (Å²) < 4.78 is 5.15. The number of ether oxygens (including phenoxy) is 1. The largest absolute Gasteiger partial charge is 0.508 e. The van der Waals surface area contributed by atoms with Gasteiger partial charge in [-0.25, -0.2) is 0 Å². The number of phenolic OH excluding ortho intramolecular Hbond substituents is 1. The van der Waals surface area contributed by atoms with Gasteiger partial charge in [-0.15, -0.1) is 0 Å². The predicted molar refractivity (Wildman–Crippen MR) is 92.7 cm³/mol. The lowest BCUT2D eigenvalue weighted by Gasteiger charge is -2.09. The topological polar surface area (TPSA) is 65.9 Å². The quantitative estimate of drug-likeness (QED) is 0.459. The molecule has 6 heteroatoms. The first kappa shape index (κ1) is 15.8. The van der Waals surface area contributed by atoms with Crippen LogP contribution in [0.5, 0.6) is 11.5 Å². The van der Waals surface area contributed by atoms with Gasteiger partial charge in [-0.2, -0.15) is 5.10 Å². The molecule has 0 saturated carbocycles. The van der Waals surface area contributed by atoms with E-state index in [1.54, 1.807) is 31.4 Å². The van der Waals surface area contributed by atoms with E-state index in [9.17, 15) is 5.11 Å². The minimum Gasteiger partial charge on any atom is -0.508 e. The smallest absolute Gasteiger partial charge is 0.191 e. The third-order valence-corrected chi connectivity index (χ3v) is 3.13. The number of rotatable bonds is 4. The van der Waals surface area contributed by atoms with Crippen LogP contribution in [0.1, 0.15) is 12.5 Å². The summed E-state index contributed by atoms with van der Waals surface area (Å²) in [6.45, 7) is 1.85. The SMILES string of the molecule is COc1cccc(NC(=S)N/N=C(\C)c2ccc(O)cc2)c1. The van der Waals surface area contributed by atoms with Gasteiger partial charge in [0.15, 0.2) is 5.11 Å². The van der Waals surface area contributed by atoms with Crippen LogP contribution >= 0.6 is 12.2 Å². The van der Waals surface area contributed by atoms with Crippen LogP contribution in [0.15, 0.2) is 53.6 Å². The fraction of sp³-hybridized carbons (Fsp3) is 0.125. The molecule has 2 aromatic carbocycles. The standard InChI is InChI=1S/C16H17N3O2S/c1-11(12-6-8-14(20)9-7-12)18-19-16(22)17-13-4-3-5-15(10-13)21-2/h3-10,20H,1-2H3,(H2,17,19,22)/b18-11+. The van der Waals surface area contributed by atoms with Crippen molar-refractivity contribution in [2.24, 2.45) is 5.10 Å². The summed E-state index contributed by atoms with van der Waals surface area (Å²) in [6, 6.07) is 14.2. The van der Waals surface area contributed by atoms with Crippen molar-refractivity contribution in [2.45, 2.75) is 6.92 Å². The van der Waals surface area contributed by atoms with Crippen LogP contribution in [0.25, 0.3) is 0 Å². The van der Waals surface area contributed by atoms with E-state index in [2.05, 4.69) is 15.8 Å². The van der Waals surface area contributed by atoms with Crippen molar-refractivity contribution < 1.29 is 9.84 Å². The maximum Gasteiger partial charge on any atom is 0.191 e. The molecule has 0 amide bonds. The van der Waals surface area contributed by atoms with Crippen molar-refractivity contribution in [1.29, 1.82) is 0 Å². The molecule has 22 heavy (non-hydrogen) atoms. The van der Waals surface area contributed by atoms with E-state index in [-0.39, 0.29) is 5.75 Å². The lowest BCUT2D eigenvalue weighted by atomic mass is 10.1. The number of anilines is 1. The molecular weight excluding hydrogens is 298 g/mol. The molecule has 2 aromatic rings. The second-order valence-electron chi connectivity index (χ2n) is 4.54. The molecule has 0 spiro atoms. The highest BCUT2D eigenvalue weighted by Gasteiger charge is 2.00. The first-order valence-corrected chi connectivity index (χ1v) is 7.04. The van der Waals surface area contributed by atoms with Crippen LogP contribution in [0, 0.1) is 0 Å². The van der Waals surface area contributed by atoms with E-state index in [1.165, 1.54) is 0 Å². The first-order chi connectivity index (χ1) is 10.6. The van der Waals surface area contributed by atoms with Gasteiger partial charge >= 0.3 is 0 Å². The Morgan fingerprint density at radius 1 is 1.18 bits per heavy atom. The summed E-state index contributed by atoms with van der Waals surface area (Å²) in [7, 11) is 1.61. The minimum atomic E-state index is 0.222. The molecule has 0 bridgehead atoms. The van der Waals surface area contributed by atoms with Gasteiger partial charge < -0.3 is 15.2 Å². The number of benzene rings is 2. The number of hydrazone groups is 1. The molecule has 0 heterocycles. The minimum absolute atomic E-state index is 0.222. The summed E-state index contributed by atoms with van der Waals surface area (Å²) in [4.78, 5) is 0. The molecule has 114 valence electrons. The van der Waals surface area contributed by atoms with Gasteiger partial charge in [0.25, 0.3) is 0 Å². The Bertz CT molecular complexity index is 684. The van der Waals surface area contributed by atoms with E-state index in [0.717, 1.165) is 22.7 Å². The molecule has 2 rings (SSSR count). The van der Waals surface area contributed by atoms with Crippen molar-refractivity contribution in [3.63, 3.8) is 0 Å². The highest BCUT2D eigenvalue weighted by Crippen LogP contribution is 2.16. The van der Waals surface area contributed by atoms with Gasteiger partial charge in [0.05, 0.1) is 12.8 Å². The monoisotopic (exact) mass is 315 g/mol. The number of nitrogens with zero attached hydrogens (tertiary/aromatic N) is 1. The van der Waals surface area contributed by atoms with Crippen LogP contribution < -0.4 is 15.5 Å². The average molecular weight is 315 g/mol. The zero-order valence-corrected chi connectivity index (χ0v) is 13.1. The van der Waals surface area contributed by atoms with Gasteiger partial charge in [0.2, 0.25) is 0 Å². The second kappa shape index (κ2) is 7.42.